The van der Waals surface area contributed by atoms with Crippen LogP contribution < -0.4 is 9.29 Å². The summed E-state index contributed by atoms with van der Waals surface area (Å²) in [6.45, 7) is 6.40. The second-order valence-electron chi connectivity index (χ2n) is 6.55. The second-order valence-corrected chi connectivity index (χ2v) is 8.20. The maximum Gasteiger partial charge on any atom is 0.268 e. The molecular formula is C21H23N2O2S+. The van der Waals surface area contributed by atoms with Crippen molar-refractivity contribution in [1.29, 1.82) is 0 Å². The smallest absolute Gasteiger partial charge is 0.268 e. The highest BCUT2D eigenvalue weighted by Gasteiger charge is 2.23. The van der Waals surface area contributed by atoms with Crippen LogP contribution in [0.15, 0.2) is 71.8 Å². The van der Waals surface area contributed by atoms with Crippen molar-refractivity contribution in [2.45, 2.75) is 32.2 Å². The molecule has 0 amide bonds. The van der Waals surface area contributed by atoms with Crippen molar-refractivity contribution in [2.75, 3.05) is 4.72 Å². The van der Waals surface area contributed by atoms with E-state index >= 15 is 0 Å². The van der Waals surface area contributed by atoms with Gasteiger partial charge in [0.2, 0.25) is 0 Å². The van der Waals surface area contributed by atoms with E-state index in [1.54, 1.807) is 18.3 Å². The van der Waals surface area contributed by atoms with Crippen LogP contribution in [0.2, 0.25) is 0 Å². The molecule has 0 fully saturated rings. The van der Waals surface area contributed by atoms with Crippen molar-refractivity contribution < 1.29 is 13.0 Å². The van der Waals surface area contributed by atoms with Gasteiger partial charge in [-0.1, -0.05) is 48.0 Å². The lowest BCUT2D eigenvalue weighted by molar-refractivity contribution is -0.696. The van der Waals surface area contributed by atoms with E-state index in [0.717, 1.165) is 22.4 Å². The van der Waals surface area contributed by atoms with E-state index in [1.165, 1.54) is 0 Å². The van der Waals surface area contributed by atoms with Gasteiger partial charge in [0.25, 0.3) is 10.0 Å². The molecule has 1 aromatic heterocycles. The average molecular weight is 367 g/mol. The van der Waals surface area contributed by atoms with E-state index in [4.69, 9.17) is 0 Å². The number of sulfonamides is 1. The van der Waals surface area contributed by atoms with Gasteiger partial charge in [-0.25, -0.2) is 8.42 Å². The second kappa shape index (κ2) is 7.30. The van der Waals surface area contributed by atoms with Crippen LogP contribution in [-0.2, 0) is 16.6 Å². The average Bonchev–Trinajstić information content (AvgIpc) is 2.60. The monoisotopic (exact) mass is 367 g/mol. The molecule has 0 bridgehead atoms. The van der Waals surface area contributed by atoms with Gasteiger partial charge in [0.1, 0.15) is 0 Å². The van der Waals surface area contributed by atoms with Crippen LogP contribution in [-0.4, -0.2) is 8.42 Å². The van der Waals surface area contributed by atoms with E-state index in [1.807, 2.05) is 73.9 Å². The molecule has 0 radical (unpaired) electrons. The Hall–Kier alpha value is -2.66. The molecule has 3 rings (SSSR count). The molecule has 0 unspecified atom stereocenters. The van der Waals surface area contributed by atoms with E-state index in [9.17, 15) is 8.42 Å². The van der Waals surface area contributed by atoms with Gasteiger partial charge in [-0.3, -0.25) is 4.72 Å². The van der Waals surface area contributed by atoms with E-state index < -0.39 is 10.0 Å². The Balaban J connectivity index is 1.95. The summed E-state index contributed by atoms with van der Waals surface area (Å²) >= 11 is 0. The summed E-state index contributed by atoms with van der Waals surface area (Å²) in [6, 6.07) is 19.2. The minimum atomic E-state index is -3.66. The largest absolute Gasteiger partial charge is 0.279 e. The quantitative estimate of drug-likeness (QED) is 0.698. The molecule has 3 aromatic rings. The van der Waals surface area contributed by atoms with Crippen molar-refractivity contribution in [3.05, 3.63) is 89.2 Å². The SMILES string of the molecule is Cc1ccc(NS(=O)(=O)c2c[n+](Cc3ccccc3)c(C)cc2C)cc1. The van der Waals surface area contributed by atoms with Gasteiger partial charge < -0.3 is 0 Å². The van der Waals surface area contributed by atoms with Gasteiger partial charge >= 0.3 is 0 Å². The lowest BCUT2D eigenvalue weighted by atomic mass is 10.2. The first-order chi connectivity index (χ1) is 12.3. The molecule has 0 atom stereocenters. The van der Waals surface area contributed by atoms with Gasteiger partial charge in [0.05, 0.1) is 0 Å². The summed E-state index contributed by atoms with van der Waals surface area (Å²) in [7, 11) is -3.66. The molecule has 0 aliphatic rings. The van der Waals surface area contributed by atoms with Crippen LogP contribution in [0.25, 0.3) is 0 Å². The Morgan fingerprint density at radius 2 is 1.58 bits per heavy atom. The first kappa shape index (κ1) is 18.1. The molecular weight excluding hydrogens is 344 g/mol. The summed E-state index contributed by atoms with van der Waals surface area (Å²) in [6.07, 6.45) is 1.72. The molecule has 0 aliphatic carbocycles. The van der Waals surface area contributed by atoms with Crippen molar-refractivity contribution in [3.8, 4) is 0 Å². The summed E-state index contributed by atoms with van der Waals surface area (Å²) in [4.78, 5) is 0.291. The van der Waals surface area contributed by atoms with Crippen LogP contribution >= 0.6 is 0 Å². The van der Waals surface area contributed by atoms with E-state index in [0.29, 0.717) is 17.1 Å². The first-order valence-electron chi connectivity index (χ1n) is 8.49. The van der Waals surface area contributed by atoms with Crippen molar-refractivity contribution in [3.63, 3.8) is 0 Å². The summed E-state index contributed by atoms with van der Waals surface area (Å²) in [5, 5.41) is 0. The molecule has 1 N–H and O–H groups in total. The highest BCUT2D eigenvalue weighted by atomic mass is 32.2. The Morgan fingerprint density at radius 3 is 2.23 bits per heavy atom. The molecule has 0 aliphatic heterocycles. The standard InChI is InChI=1S/C21H23N2O2S/c1-16-9-11-20(12-10-16)22-26(24,25)21-15-23(18(3)13-17(21)2)14-19-7-5-4-6-8-19/h4-13,15,22H,14H2,1-3H3/q+1. The molecule has 0 spiro atoms. The van der Waals surface area contributed by atoms with Gasteiger partial charge in [-0.05, 0) is 31.5 Å². The number of nitrogens with zero attached hydrogens (tertiary/aromatic N) is 1. The Kier molecular flexibility index (Phi) is 5.09. The number of aromatic nitrogens is 1. The van der Waals surface area contributed by atoms with Crippen LogP contribution in [0.5, 0.6) is 0 Å². The van der Waals surface area contributed by atoms with Crippen LogP contribution in [0.1, 0.15) is 22.4 Å². The number of benzene rings is 2. The number of aryl methyl sites for hydroxylation is 3. The molecule has 0 saturated carbocycles. The van der Waals surface area contributed by atoms with Crippen molar-refractivity contribution in [2.24, 2.45) is 0 Å². The summed E-state index contributed by atoms with van der Waals surface area (Å²) in [5.41, 5.74) is 4.51. The molecule has 4 nitrogen and oxygen atoms in total. The van der Waals surface area contributed by atoms with Gasteiger partial charge in [-0.2, -0.15) is 4.57 Å². The Bertz CT molecular complexity index is 1010. The Labute approximate surface area is 155 Å². The third-order valence-electron chi connectivity index (χ3n) is 4.33. The van der Waals surface area contributed by atoms with Gasteiger partial charge in [0.15, 0.2) is 23.3 Å². The fourth-order valence-corrected chi connectivity index (χ4v) is 4.18. The zero-order valence-corrected chi connectivity index (χ0v) is 16.0. The zero-order valence-electron chi connectivity index (χ0n) is 15.2. The molecule has 134 valence electrons. The predicted molar refractivity (Wildman–Crippen MR) is 104 cm³/mol. The summed E-state index contributed by atoms with van der Waals surface area (Å²) in [5.74, 6) is 0. The van der Waals surface area contributed by atoms with Crippen molar-refractivity contribution >= 4 is 15.7 Å². The van der Waals surface area contributed by atoms with E-state index in [2.05, 4.69) is 4.72 Å². The predicted octanol–water partition coefficient (Wildman–Crippen LogP) is 3.75. The number of pyridine rings is 1. The van der Waals surface area contributed by atoms with Gasteiger partial charge in [0, 0.05) is 24.2 Å². The van der Waals surface area contributed by atoms with Crippen LogP contribution in [0, 0.1) is 20.8 Å². The van der Waals surface area contributed by atoms with Crippen molar-refractivity contribution in [1.82, 2.24) is 0 Å². The number of hydrogen-bond acceptors (Lipinski definition) is 2. The molecule has 5 heteroatoms. The molecule has 1 heterocycles. The normalized spacial score (nSPS) is 11.3. The fourth-order valence-electron chi connectivity index (χ4n) is 2.88. The zero-order chi connectivity index (χ0) is 18.7. The molecule has 26 heavy (non-hydrogen) atoms. The van der Waals surface area contributed by atoms with Crippen LogP contribution in [0.3, 0.4) is 0 Å². The fraction of sp³-hybridized carbons (Fsp3) is 0.190. The highest BCUT2D eigenvalue weighted by Crippen LogP contribution is 2.19. The minimum Gasteiger partial charge on any atom is -0.279 e. The van der Waals surface area contributed by atoms with Crippen LogP contribution in [0.4, 0.5) is 5.69 Å². The Morgan fingerprint density at radius 1 is 0.923 bits per heavy atom. The topological polar surface area (TPSA) is 50.1 Å². The third-order valence-corrected chi connectivity index (χ3v) is 5.84. The third kappa shape index (κ3) is 4.11. The first-order valence-corrected chi connectivity index (χ1v) is 9.97. The minimum absolute atomic E-state index is 0.291. The lowest BCUT2D eigenvalue weighted by Gasteiger charge is -2.11. The number of rotatable bonds is 5. The number of anilines is 1. The lowest BCUT2D eigenvalue weighted by Crippen LogP contribution is -2.39. The maximum atomic E-state index is 12.9. The molecule has 0 saturated heterocycles. The van der Waals surface area contributed by atoms with Gasteiger partial charge in [-0.15, -0.1) is 0 Å². The molecule has 2 aromatic carbocycles. The summed E-state index contributed by atoms with van der Waals surface area (Å²) < 4.78 is 30.4. The number of nitrogens with one attached hydrogen (secondary N) is 1. The maximum absolute atomic E-state index is 12.9. The van der Waals surface area contributed by atoms with E-state index in [-0.39, 0.29) is 0 Å². The number of hydrogen-bond donors (Lipinski definition) is 1. The highest BCUT2D eigenvalue weighted by molar-refractivity contribution is 7.92.